The summed E-state index contributed by atoms with van der Waals surface area (Å²) in [6, 6.07) is 16.0. The van der Waals surface area contributed by atoms with Crippen LogP contribution in [0.15, 0.2) is 48.5 Å². The molecular formula is C13H10N2. The third kappa shape index (κ3) is 1.31. The maximum absolute atomic E-state index is 5.74. The second-order valence-corrected chi connectivity index (χ2v) is 3.63. The van der Waals surface area contributed by atoms with Crippen LogP contribution in [0, 0.1) is 0 Å². The number of nitrogen functional groups attached to an aromatic ring is 1. The molecule has 0 aliphatic heterocycles. The van der Waals surface area contributed by atoms with Gasteiger partial charge in [-0.05, 0) is 30.3 Å². The Bertz CT molecular complexity index is 644. The van der Waals surface area contributed by atoms with E-state index in [0.29, 0.717) is 0 Å². The molecule has 3 aromatic rings. The van der Waals surface area contributed by atoms with Crippen LogP contribution in [-0.4, -0.2) is 4.98 Å². The number of para-hydroxylation sites is 1. The van der Waals surface area contributed by atoms with Crippen molar-refractivity contribution in [2.75, 3.05) is 5.73 Å². The minimum atomic E-state index is 0.777. The Hall–Kier alpha value is -2.09. The van der Waals surface area contributed by atoms with Gasteiger partial charge in [0, 0.05) is 16.5 Å². The summed E-state index contributed by atoms with van der Waals surface area (Å²) in [5, 5.41) is 2.24. The largest absolute Gasteiger partial charge is 0.399 e. The normalized spacial score (nSPS) is 10.9. The molecule has 1 aromatic heterocycles. The quantitative estimate of drug-likeness (QED) is 0.441. The van der Waals surface area contributed by atoms with Crippen molar-refractivity contribution in [3.8, 4) is 0 Å². The van der Waals surface area contributed by atoms with Gasteiger partial charge < -0.3 is 5.73 Å². The van der Waals surface area contributed by atoms with Crippen molar-refractivity contribution < 1.29 is 0 Å². The molecule has 0 aliphatic carbocycles. The van der Waals surface area contributed by atoms with Gasteiger partial charge in [-0.15, -0.1) is 0 Å². The van der Waals surface area contributed by atoms with Crippen LogP contribution in [0.5, 0.6) is 0 Å². The van der Waals surface area contributed by atoms with Crippen LogP contribution >= 0.6 is 0 Å². The van der Waals surface area contributed by atoms with E-state index in [1.54, 1.807) is 0 Å². The zero-order valence-electron chi connectivity index (χ0n) is 8.14. The van der Waals surface area contributed by atoms with Crippen molar-refractivity contribution in [1.29, 1.82) is 0 Å². The van der Waals surface area contributed by atoms with E-state index in [2.05, 4.69) is 17.1 Å². The summed E-state index contributed by atoms with van der Waals surface area (Å²) in [6.07, 6.45) is 0. The predicted octanol–water partition coefficient (Wildman–Crippen LogP) is 2.97. The molecule has 2 aromatic carbocycles. The molecular weight excluding hydrogens is 184 g/mol. The van der Waals surface area contributed by atoms with Gasteiger partial charge in [-0.25, -0.2) is 4.98 Å². The van der Waals surface area contributed by atoms with E-state index in [0.717, 1.165) is 27.5 Å². The fourth-order valence-corrected chi connectivity index (χ4v) is 1.80. The Morgan fingerprint density at radius 1 is 0.800 bits per heavy atom. The Labute approximate surface area is 87.4 Å². The molecule has 1 heterocycles. The highest BCUT2D eigenvalue weighted by molar-refractivity contribution is 5.93. The molecule has 0 unspecified atom stereocenters. The van der Waals surface area contributed by atoms with Crippen LogP contribution < -0.4 is 5.73 Å². The van der Waals surface area contributed by atoms with E-state index < -0.39 is 0 Å². The van der Waals surface area contributed by atoms with Crippen LogP contribution in [-0.2, 0) is 0 Å². The second-order valence-electron chi connectivity index (χ2n) is 3.63. The molecule has 0 saturated heterocycles. The van der Waals surface area contributed by atoms with Gasteiger partial charge in [0.15, 0.2) is 0 Å². The fraction of sp³-hybridized carbons (Fsp3) is 0. The molecule has 0 amide bonds. The Kier molecular flexibility index (Phi) is 1.62. The van der Waals surface area contributed by atoms with Crippen molar-refractivity contribution in [3.63, 3.8) is 0 Å². The zero-order valence-corrected chi connectivity index (χ0v) is 8.14. The summed E-state index contributed by atoms with van der Waals surface area (Å²) >= 11 is 0. The fourth-order valence-electron chi connectivity index (χ4n) is 1.80. The number of hydrogen-bond donors (Lipinski definition) is 1. The summed E-state index contributed by atoms with van der Waals surface area (Å²) < 4.78 is 0. The van der Waals surface area contributed by atoms with Crippen LogP contribution in [0.1, 0.15) is 0 Å². The number of nitrogens with two attached hydrogens (primary N) is 1. The summed E-state index contributed by atoms with van der Waals surface area (Å²) in [7, 11) is 0. The lowest BCUT2D eigenvalue weighted by atomic mass is 10.1. The first kappa shape index (κ1) is 8.24. The van der Waals surface area contributed by atoms with Crippen molar-refractivity contribution in [3.05, 3.63) is 48.5 Å². The number of hydrogen-bond acceptors (Lipinski definition) is 2. The van der Waals surface area contributed by atoms with Gasteiger partial charge in [-0.3, -0.25) is 0 Å². The van der Waals surface area contributed by atoms with E-state index in [4.69, 9.17) is 5.73 Å². The van der Waals surface area contributed by atoms with E-state index >= 15 is 0 Å². The van der Waals surface area contributed by atoms with Gasteiger partial charge in [-0.1, -0.05) is 18.2 Å². The molecule has 2 N–H and O–H groups in total. The maximum Gasteiger partial charge on any atom is 0.0711 e. The van der Waals surface area contributed by atoms with Gasteiger partial charge in [0.1, 0.15) is 0 Å². The Balaban J connectivity index is 2.47. The average molecular weight is 194 g/mol. The molecule has 2 nitrogen and oxygen atoms in total. The number of pyridine rings is 1. The molecule has 2 heteroatoms. The van der Waals surface area contributed by atoms with Gasteiger partial charge in [0.25, 0.3) is 0 Å². The molecule has 0 spiro atoms. The molecule has 0 bridgehead atoms. The highest BCUT2D eigenvalue weighted by atomic mass is 14.7. The average Bonchev–Trinajstić information content (AvgIpc) is 2.26. The number of nitrogens with zero attached hydrogens (tertiary/aromatic N) is 1. The van der Waals surface area contributed by atoms with Crippen LogP contribution in [0.4, 0.5) is 5.69 Å². The first-order chi connectivity index (χ1) is 7.33. The lowest BCUT2D eigenvalue weighted by molar-refractivity contribution is 1.50. The van der Waals surface area contributed by atoms with E-state index in [9.17, 15) is 0 Å². The molecule has 0 aliphatic rings. The van der Waals surface area contributed by atoms with Crippen LogP contribution in [0.2, 0.25) is 0 Å². The number of rotatable bonds is 0. The summed E-state index contributed by atoms with van der Waals surface area (Å²) in [5.74, 6) is 0. The molecule has 0 saturated carbocycles. The van der Waals surface area contributed by atoms with Gasteiger partial charge in [-0.2, -0.15) is 0 Å². The number of benzene rings is 2. The minimum absolute atomic E-state index is 0.777. The first-order valence-electron chi connectivity index (χ1n) is 4.88. The lowest BCUT2D eigenvalue weighted by Crippen LogP contribution is -1.86. The Morgan fingerprint density at radius 2 is 1.60 bits per heavy atom. The SMILES string of the molecule is Nc1ccc2nc3ccccc3cc2c1. The second kappa shape index (κ2) is 2.95. The summed E-state index contributed by atoms with van der Waals surface area (Å²) in [6.45, 7) is 0. The molecule has 72 valence electrons. The number of aromatic nitrogens is 1. The first-order valence-corrected chi connectivity index (χ1v) is 4.88. The Morgan fingerprint density at radius 3 is 2.53 bits per heavy atom. The molecule has 0 atom stereocenters. The summed E-state index contributed by atoms with van der Waals surface area (Å²) in [5.41, 5.74) is 8.53. The monoisotopic (exact) mass is 194 g/mol. The smallest absolute Gasteiger partial charge is 0.0711 e. The van der Waals surface area contributed by atoms with Crippen LogP contribution in [0.3, 0.4) is 0 Å². The molecule has 3 rings (SSSR count). The molecule has 15 heavy (non-hydrogen) atoms. The maximum atomic E-state index is 5.74. The van der Waals surface area contributed by atoms with Crippen LogP contribution in [0.25, 0.3) is 21.8 Å². The molecule has 0 fully saturated rings. The van der Waals surface area contributed by atoms with Crippen molar-refractivity contribution >= 4 is 27.5 Å². The highest BCUT2D eigenvalue weighted by Gasteiger charge is 1.98. The van der Waals surface area contributed by atoms with Gasteiger partial charge in [0.2, 0.25) is 0 Å². The predicted molar refractivity (Wildman–Crippen MR) is 63.7 cm³/mol. The summed E-state index contributed by atoms with van der Waals surface area (Å²) in [4.78, 5) is 4.56. The van der Waals surface area contributed by atoms with E-state index in [1.165, 1.54) is 0 Å². The lowest BCUT2D eigenvalue weighted by Gasteiger charge is -2.01. The van der Waals surface area contributed by atoms with E-state index in [-0.39, 0.29) is 0 Å². The van der Waals surface area contributed by atoms with Gasteiger partial charge in [0.05, 0.1) is 11.0 Å². The van der Waals surface area contributed by atoms with Crippen molar-refractivity contribution in [2.24, 2.45) is 0 Å². The van der Waals surface area contributed by atoms with Crippen molar-refractivity contribution in [1.82, 2.24) is 4.98 Å². The third-order valence-electron chi connectivity index (χ3n) is 2.54. The number of fused-ring (bicyclic) bond motifs is 2. The zero-order chi connectivity index (χ0) is 10.3. The number of anilines is 1. The minimum Gasteiger partial charge on any atom is -0.399 e. The van der Waals surface area contributed by atoms with Gasteiger partial charge >= 0.3 is 0 Å². The standard InChI is InChI=1S/C13H10N2/c14-11-5-6-13-10(8-11)7-9-3-1-2-4-12(9)15-13/h1-8H,14H2. The highest BCUT2D eigenvalue weighted by Crippen LogP contribution is 2.21. The topological polar surface area (TPSA) is 38.9 Å². The third-order valence-corrected chi connectivity index (χ3v) is 2.54. The molecule has 0 radical (unpaired) electrons. The van der Waals surface area contributed by atoms with E-state index in [1.807, 2.05) is 36.4 Å². The van der Waals surface area contributed by atoms with Crippen molar-refractivity contribution in [2.45, 2.75) is 0 Å².